The molecule has 0 aliphatic heterocycles. The molecule has 0 radical (unpaired) electrons. The summed E-state index contributed by atoms with van der Waals surface area (Å²) in [5.74, 6) is -2.18. The van der Waals surface area contributed by atoms with Gasteiger partial charge in [0.25, 0.3) is 0 Å². The fraction of sp³-hybridized carbons (Fsp3) is 0.133. The molecule has 0 aliphatic rings. The molecule has 1 unspecified atom stereocenters. The van der Waals surface area contributed by atoms with Crippen molar-refractivity contribution in [1.82, 2.24) is 15.3 Å². The molecule has 2 N–H and O–H groups in total. The Hall–Kier alpha value is -2.68. The average Bonchev–Trinajstić information content (AvgIpc) is 2.90. The molecule has 130 valence electrons. The number of aromatic amines is 1. The van der Waals surface area contributed by atoms with Crippen molar-refractivity contribution in [3.05, 3.63) is 65.2 Å². The molecule has 0 saturated heterocycles. The van der Waals surface area contributed by atoms with E-state index in [1.54, 1.807) is 0 Å². The van der Waals surface area contributed by atoms with Crippen LogP contribution < -0.4 is 9.72 Å². The van der Waals surface area contributed by atoms with Crippen LogP contribution in [-0.2, 0) is 0 Å². The molecule has 0 aromatic carbocycles. The lowest BCUT2D eigenvalue weighted by Crippen LogP contribution is -2.42. The molecule has 25 heavy (non-hydrogen) atoms. The molecule has 0 aliphatic carbocycles. The monoisotopic (exact) mass is 373 g/mol. The molecule has 1 atom stereocenters. The van der Waals surface area contributed by atoms with Crippen LogP contribution >= 0.6 is 11.6 Å². The lowest BCUT2D eigenvalue weighted by atomic mass is 10.1. The van der Waals surface area contributed by atoms with E-state index in [-0.39, 0.29) is 22.2 Å². The van der Waals surface area contributed by atoms with Crippen molar-refractivity contribution in [2.75, 3.05) is 0 Å². The SMILES string of the molecule is O=C(NC(c1ccccn1)C(F)(F)F)c1[nH]c(Cl)c2c(F)ccc[n+]12. The Morgan fingerprint density at radius 1 is 1.28 bits per heavy atom. The van der Waals surface area contributed by atoms with Gasteiger partial charge in [-0.05, 0) is 35.9 Å². The topological polar surface area (TPSA) is 61.9 Å². The van der Waals surface area contributed by atoms with Crippen LogP contribution in [0.3, 0.4) is 0 Å². The Labute approximate surface area is 143 Å². The molecule has 5 nitrogen and oxygen atoms in total. The van der Waals surface area contributed by atoms with Gasteiger partial charge in [0.05, 0.1) is 11.9 Å². The van der Waals surface area contributed by atoms with Crippen molar-refractivity contribution in [2.24, 2.45) is 0 Å². The molecular weight excluding hydrogens is 364 g/mol. The van der Waals surface area contributed by atoms with E-state index in [0.717, 1.165) is 16.5 Å². The van der Waals surface area contributed by atoms with E-state index in [4.69, 9.17) is 11.6 Å². The van der Waals surface area contributed by atoms with E-state index in [1.807, 2.05) is 5.32 Å². The Morgan fingerprint density at radius 2 is 2.04 bits per heavy atom. The summed E-state index contributed by atoms with van der Waals surface area (Å²) in [6.07, 6.45) is -2.28. The number of carbonyl (C=O) groups excluding carboxylic acids is 1. The summed E-state index contributed by atoms with van der Waals surface area (Å²) < 4.78 is 54.8. The predicted octanol–water partition coefficient (Wildman–Crippen LogP) is 2.97. The minimum Gasteiger partial charge on any atom is -0.329 e. The van der Waals surface area contributed by atoms with Crippen LogP contribution in [0.5, 0.6) is 0 Å². The number of fused-ring (bicyclic) bond motifs is 1. The fourth-order valence-corrected chi connectivity index (χ4v) is 2.61. The number of H-pyrrole nitrogens is 1. The number of aromatic nitrogens is 3. The Kier molecular flexibility index (Phi) is 4.34. The molecule has 0 bridgehead atoms. The number of pyridine rings is 2. The molecule has 3 rings (SSSR count). The first-order valence-electron chi connectivity index (χ1n) is 6.95. The van der Waals surface area contributed by atoms with Crippen LogP contribution in [0.25, 0.3) is 5.52 Å². The lowest BCUT2D eigenvalue weighted by Gasteiger charge is -2.19. The molecule has 10 heteroatoms. The third-order valence-corrected chi connectivity index (χ3v) is 3.70. The Bertz CT molecular complexity index is 926. The van der Waals surface area contributed by atoms with Gasteiger partial charge in [-0.1, -0.05) is 6.07 Å². The standard InChI is InChI=1S/C15H9ClF4N4O/c16-12-10-8(17)4-3-7-24(10)13(23-12)14(25)22-11(15(18,19)20)9-5-1-2-6-21-9/h1-7,11H,(H,22,25)/p+1. The maximum absolute atomic E-state index is 13.8. The molecule has 0 fully saturated rings. The van der Waals surface area contributed by atoms with Crippen molar-refractivity contribution >= 4 is 23.0 Å². The fourth-order valence-electron chi connectivity index (χ4n) is 2.34. The van der Waals surface area contributed by atoms with Crippen molar-refractivity contribution in [2.45, 2.75) is 12.2 Å². The number of nitrogens with zero attached hydrogens (tertiary/aromatic N) is 2. The zero-order valence-corrected chi connectivity index (χ0v) is 13.1. The van der Waals surface area contributed by atoms with E-state index in [0.29, 0.717) is 0 Å². The van der Waals surface area contributed by atoms with Crippen molar-refractivity contribution < 1.29 is 26.8 Å². The van der Waals surface area contributed by atoms with Crippen LogP contribution in [0, 0.1) is 5.82 Å². The highest BCUT2D eigenvalue weighted by molar-refractivity contribution is 6.32. The van der Waals surface area contributed by atoms with Crippen LogP contribution in [0.4, 0.5) is 17.6 Å². The Morgan fingerprint density at radius 3 is 2.68 bits per heavy atom. The normalized spacial score (nSPS) is 13.0. The minimum atomic E-state index is -4.77. The zero-order chi connectivity index (χ0) is 18.2. The summed E-state index contributed by atoms with van der Waals surface area (Å²) in [7, 11) is 0. The molecule has 3 aromatic heterocycles. The third kappa shape index (κ3) is 3.27. The highest BCUT2D eigenvalue weighted by atomic mass is 35.5. The number of rotatable bonds is 3. The van der Waals surface area contributed by atoms with Gasteiger partial charge in [0.2, 0.25) is 10.7 Å². The molecular formula is C15H10ClF4N4O+. The van der Waals surface area contributed by atoms with Gasteiger partial charge in [-0.15, -0.1) is 0 Å². The highest BCUT2D eigenvalue weighted by Crippen LogP contribution is 2.31. The van der Waals surface area contributed by atoms with Crippen molar-refractivity contribution in [3.63, 3.8) is 0 Å². The number of hydrogen-bond donors (Lipinski definition) is 2. The largest absolute Gasteiger partial charge is 0.414 e. The first kappa shape index (κ1) is 17.2. The molecule has 3 heterocycles. The lowest BCUT2D eigenvalue weighted by molar-refractivity contribution is -0.515. The summed E-state index contributed by atoms with van der Waals surface area (Å²) in [6.45, 7) is 0. The van der Waals surface area contributed by atoms with Crippen molar-refractivity contribution in [3.8, 4) is 0 Å². The van der Waals surface area contributed by atoms with Gasteiger partial charge in [-0.2, -0.15) is 17.6 Å². The van der Waals surface area contributed by atoms with E-state index in [9.17, 15) is 22.4 Å². The van der Waals surface area contributed by atoms with Crippen LogP contribution in [0.2, 0.25) is 5.15 Å². The maximum atomic E-state index is 13.8. The third-order valence-electron chi connectivity index (χ3n) is 3.42. The number of amides is 1. The van der Waals surface area contributed by atoms with Gasteiger partial charge < -0.3 is 5.32 Å². The second kappa shape index (κ2) is 6.32. The van der Waals surface area contributed by atoms with Crippen LogP contribution in [0.15, 0.2) is 42.7 Å². The second-order valence-electron chi connectivity index (χ2n) is 5.07. The van der Waals surface area contributed by atoms with Gasteiger partial charge in [0.15, 0.2) is 11.9 Å². The summed E-state index contributed by atoms with van der Waals surface area (Å²) in [5, 5.41) is 1.65. The summed E-state index contributed by atoms with van der Waals surface area (Å²) in [5.41, 5.74) is -0.516. The molecule has 1 amide bonds. The summed E-state index contributed by atoms with van der Waals surface area (Å²) in [6, 6.07) is 4.05. The second-order valence-corrected chi connectivity index (χ2v) is 5.44. The number of halogens is 5. The highest BCUT2D eigenvalue weighted by Gasteiger charge is 2.44. The number of nitrogens with one attached hydrogen (secondary N) is 2. The average molecular weight is 374 g/mol. The predicted molar refractivity (Wildman–Crippen MR) is 79.4 cm³/mol. The van der Waals surface area contributed by atoms with Gasteiger partial charge in [0.1, 0.15) is 0 Å². The first-order valence-corrected chi connectivity index (χ1v) is 7.32. The number of hydrogen-bond acceptors (Lipinski definition) is 2. The number of imidazole rings is 1. The van der Waals surface area contributed by atoms with E-state index in [2.05, 4.69) is 9.97 Å². The quantitative estimate of drug-likeness (QED) is 0.547. The number of alkyl halides is 3. The summed E-state index contributed by atoms with van der Waals surface area (Å²) in [4.78, 5) is 18.4. The first-order chi connectivity index (χ1) is 11.8. The summed E-state index contributed by atoms with van der Waals surface area (Å²) >= 11 is 5.84. The smallest absolute Gasteiger partial charge is 0.329 e. The number of carbonyl (C=O) groups is 1. The van der Waals surface area contributed by atoms with Crippen molar-refractivity contribution in [1.29, 1.82) is 0 Å². The van der Waals surface area contributed by atoms with E-state index < -0.39 is 23.9 Å². The minimum absolute atomic E-state index is 0.143. The zero-order valence-electron chi connectivity index (χ0n) is 12.3. The molecule has 0 spiro atoms. The van der Waals surface area contributed by atoms with Gasteiger partial charge in [0, 0.05) is 6.20 Å². The molecule has 0 saturated carbocycles. The van der Waals surface area contributed by atoms with Gasteiger partial charge >= 0.3 is 17.9 Å². The van der Waals surface area contributed by atoms with E-state index in [1.165, 1.54) is 30.6 Å². The Balaban J connectivity index is 2.00. The van der Waals surface area contributed by atoms with Crippen LogP contribution in [-0.4, -0.2) is 22.1 Å². The molecule has 3 aromatic rings. The van der Waals surface area contributed by atoms with Gasteiger partial charge in [-0.3, -0.25) is 9.78 Å². The van der Waals surface area contributed by atoms with E-state index >= 15 is 0 Å². The van der Waals surface area contributed by atoms with Gasteiger partial charge in [-0.25, -0.2) is 9.37 Å². The van der Waals surface area contributed by atoms with Crippen LogP contribution in [0.1, 0.15) is 22.4 Å². The maximum Gasteiger partial charge on any atom is 0.414 e.